The van der Waals surface area contributed by atoms with Crippen molar-refractivity contribution in [2.24, 2.45) is 10.5 Å². The zero-order valence-corrected chi connectivity index (χ0v) is 19.3. The van der Waals surface area contributed by atoms with Crippen molar-refractivity contribution in [3.63, 3.8) is 0 Å². The highest BCUT2D eigenvalue weighted by molar-refractivity contribution is 6.34. The maximum atomic E-state index is 13.5. The monoisotopic (exact) mass is 479 g/mol. The second-order valence-corrected chi connectivity index (χ2v) is 9.09. The lowest BCUT2D eigenvalue weighted by molar-refractivity contribution is -0.125. The number of benzene rings is 2. The number of carbonyl (C=O) groups is 2. The third-order valence-electron chi connectivity index (χ3n) is 6.70. The molecule has 9 heteroatoms. The van der Waals surface area contributed by atoms with E-state index in [1.807, 2.05) is 31.2 Å². The average molecular weight is 480 g/mol. The molecule has 0 atom stereocenters. The lowest BCUT2D eigenvalue weighted by Crippen LogP contribution is -2.47. The highest BCUT2D eigenvalue weighted by atomic mass is 35.5. The number of fused-ring (bicyclic) bond motifs is 1. The van der Waals surface area contributed by atoms with E-state index in [0.717, 1.165) is 11.2 Å². The van der Waals surface area contributed by atoms with Gasteiger partial charge in [0.25, 0.3) is 11.8 Å². The van der Waals surface area contributed by atoms with E-state index in [4.69, 9.17) is 11.6 Å². The van der Waals surface area contributed by atoms with Crippen LogP contribution in [0.25, 0.3) is 11.0 Å². The van der Waals surface area contributed by atoms with Gasteiger partial charge in [0.15, 0.2) is 0 Å². The molecule has 34 heavy (non-hydrogen) atoms. The number of hydrogen-bond acceptors (Lipinski definition) is 5. The summed E-state index contributed by atoms with van der Waals surface area (Å²) in [5, 5.41) is 9.07. The first-order valence-electron chi connectivity index (χ1n) is 11.3. The SMILES string of the molecule is CCC1=NN(c2ccc(F)cc2Cl)C(=O)[C@]12CC[C@H](NC(=O)c1cnc3ccccc3n1)CC2. The molecule has 2 amide bonds. The van der Waals surface area contributed by atoms with Gasteiger partial charge in [0.05, 0.1) is 39.1 Å². The van der Waals surface area contributed by atoms with E-state index in [-0.39, 0.29) is 28.6 Å². The molecule has 1 aliphatic heterocycles. The van der Waals surface area contributed by atoms with Crippen LogP contribution in [-0.2, 0) is 4.79 Å². The van der Waals surface area contributed by atoms with Crippen LogP contribution in [0.5, 0.6) is 0 Å². The number of anilines is 1. The number of rotatable bonds is 4. The summed E-state index contributed by atoms with van der Waals surface area (Å²) in [5.74, 6) is -0.897. The number of nitrogens with zero attached hydrogens (tertiary/aromatic N) is 4. The Morgan fingerprint density at radius 1 is 1.21 bits per heavy atom. The number of para-hydroxylation sites is 2. The molecule has 7 nitrogen and oxygen atoms in total. The highest BCUT2D eigenvalue weighted by Gasteiger charge is 2.52. The molecule has 0 unspecified atom stereocenters. The summed E-state index contributed by atoms with van der Waals surface area (Å²) in [4.78, 5) is 35.0. The Morgan fingerprint density at radius 3 is 2.65 bits per heavy atom. The predicted octanol–water partition coefficient (Wildman–Crippen LogP) is 4.89. The van der Waals surface area contributed by atoms with Crippen LogP contribution in [0, 0.1) is 11.2 Å². The first-order valence-corrected chi connectivity index (χ1v) is 11.7. The largest absolute Gasteiger partial charge is 0.348 e. The maximum absolute atomic E-state index is 13.5. The van der Waals surface area contributed by atoms with Crippen LogP contribution in [-0.4, -0.2) is 33.5 Å². The zero-order chi connectivity index (χ0) is 23.9. The third-order valence-corrected chi connectivity index (χ3v) is 7.01. The van der Waals surface area contributed by atoms with E-state index in [9.17, 15) is 14.0 Å². The summed E-state index contributed by atoms with van der Waals surface area (Å²) in [6, 6.07) is 11.2. The second kappa shape index (κ2) is 8.76. The van der Waals surface area contributed by atoms with E-state index in [2.05, 4.69) is 20.4 Å². The molecule has 2 aromatic carbocycles. The van der Waals surface area contributed by atoms with Gasteiger partial charge in [0.1, 0.15) is 11.5 Å². The van der Waals surface area contributed by atoms with Crippen molar-refractivity contribution >= 4 is 45.8 Å². The van der Waals surface area contributed by atoms with Crippen molar-refractivity contribution in [1.82, 2.24) is 15.3 Å². The van der Waals surface area contributed by atoms with Gasteiger partial charge < -0.3 is 5.32 Å². The van der Waals surface area contributed by atoms with Crippen LogP contribution in [0.2, 0.25) is 5.02 Å². The molecule has 2 heterocycles. The third kappa shape index (κ3) is 3.81. The minimum atomic E-state index is -0.726. The lowest BCUT2D eigenvalue weighted by atomic mass is 9.68. The Kier molecular flexibility index (Phi) is 5.77. The number of halogens is 2. The Morgan fingerprint density at radius 2 is 1.94 bits per heavy atom. The predicted molar refractivity (Wildman–Crippen MR) is 128 cm³/mol. The van der Waals surface area contributed by atoms with Gasteiger partial charge in [-0.25, -0.2) is 9.37 Å². The summed E-state index contributed by atoms with van der Waals surface area (Å²) in [6.45, 7) is 1.97. The molecule has 174 valence electrons. The van der Waals surface area contributed by atoms with Crippen LogP contribution in [0.3, 0.4) is 0 Å². The van der Waals surface area contributed by atoms with Crippen LogP contribution in [0.15, 0.2) is 53.8 Å². The van der Waals surface area contributed by atoms with Crippen LogP contribution in [0.4, 0.5) is 10.1 Å². The van der Waals surface area contributed by atoms with Crippen LogP contribution in [0.1, 0.15) is 49.5 Å². The standard InChI is InChI=1S/C25H23ClFN5O2/c1-2-22-25(24(34)32(31-22)21-8-7-15(27)13-17(21)26)11-9-16(10-12-25)29-23(33)20-14-28-18-5-3-4-6-19(18)30-20/h3-8,13-14,16H,2,9-12H2,1H3,(H,29,33)/t16-,25-. The fraction of sp³-hybridized carbons (Fsp3) is 0.320. The maximum Gasteiger partial charge on any atom is 0.271 e. The molecule has 2 aliphatic rings. The molecule has 0 bridgehead atoms. The summed E-state index contributed by atoms with van der Waals surface area (Å²) in [5.41, 5.74) is 2.11. The van der Waals surface area contributed by atoms with E-state index in [1.54, 1.807) is 0 Å². The van der Waals surface area contributed by atoms with Gasteiger partial charge >= 0.3 is 0 Å². The molecule has 0 saturated heterocycles. The van der Waals surface area contributed by atoms with Crippen molar-refractivity contribution in [2.75, 3.05) is 5.01 Å². The average Bonchev–Trinajstić information content (AvgIpc) is 3.11. The number of amides is 2. The molecule has 1 fully saturated rings. The second-order valence-electron chi connectivity index (χ2n) is 8.69. The van der Waals surface area contributed by atoms with Crippen molar-refractivity contribution in [2.45, 2.75) is 45.1 Å². The molecular weight excluding hydrogens is 457 g/mol. The summed E-state index contributed by atoms with van der Waals surface area (Å²) < 4.78 is 13.5. The van der Waals surface area contributed by atoms with E-state index < -0.39 is 11.2 Å². The molecule has 5 rings (SSSR count). The van der Waals surface area contributed by atoms with Crippen LogP contribution >= 0.6 is 11.6 Å². The number of nitrogens with one attached hydrogen (secondary N) is 1. The summed E-state index contributed by atoms with van der Waals surface area (Å²) in [6.07, 6.45) is 4.47. The Bertz CT molecular complexity index is 1320. The molecular formula is C25H23ClFN5O2. The number of hydrazone groups is 1. The number of carbonyl (C=O) groups excluding carboxylic acids is 2. The normalized spacial score (nSPS) is 22.3. The van der Waals surface area contributed by atoms with Crippen molar-refractivity contribution in [1.29, 1.82) is 0 Å². The summed E-state index contributed by atoms with van der Waals surface area (Å²) in [7, 11) is 0. The quantitative estimate of drug-likeness (QED) is 0.577. The van der Waals surface area contributed by atoms with Gasteiger partial charge in [-0.05, 0) is 62.4 Å². The number of hydrogen-bond donors (Lipinski definition) is 1. The van der Waals surface area contributed by atoms with E-state index in [1.165, 1.54) is 29.4 Å². The lowest BCUT2D eigenvalue weighted by Gasteiger charge is -2.36. The van der Waals surface area contributed by atoms with Crippen molar-refractivity contribution in [3.05, 3.63) is 65.2 Å². The Labute approximate surface area is 201 Å². The number of aromatic nitrogens is 2. The Balaban J connectivity index is 1.30. The summed E-state index contributed by atoms with van der Waals surface area (Å²) >= 11 is 6.21. The molecule has 1 aromatic heterocycles. The van der Waals surface area contributed by atoms with Gasteiger partial charge in [-0.2, -0.15) is 10.1 Å². The molecule has 1 N–H and O–H groups in total. The fourth-order valence-electron chi connectivity index (χ4n) is 4.90. The van der Waals surface area contributed by atoms with E-state index in [0.29, 0.717) is 43.3 Å². The van der Waals surface area contributed by atoms with E-state index >= 15 is 0 Å². The molecule has 3 aromatic rings. The fourth-order valence-corrected chi connectivity index (χ4v) is 5.14. The van der Waals surface area contributed by atoms with Gasteiger partial charge in [-0.15, -0.1) is 0 Å². The minimum absolute atomic E-state index is 0.0826. The zero-order valence-electron chi connectivity index (χ0n) is 18.6. The van der Waals surface area contributed by atoms with Gasteiger partial charge in [-0.3, -0.25) is 14.6 Å². The van der Waals surface area contributed by atoms with Gasteiger partial charge in [-0.1, -0.05) is 30.7 Å². The minimum Gasteiger partial charge on any atom is -0.348 e. The van der Waals surface area contributed by atoms with Crippen LogP contribution < -0.4 is 10.3 Å². The first-order chi connectivity index (χ1) is 16.4. The molecule has 1 saturated carbocycles. The smallest absolute Gasteiger partial charge is 0.271 e. The molecule has 1 spiro atoms. The highest BCUT2D eigenvalue weighted by Crippen LogP contribution is 2.46. The van der Waals surface area contributed by atoms with Crippen molar-refractivity contribution in [3.8, 4) is 0 Å². The van der Waals surface area contributed by atoms with Gasteiger partial charge in [0.2, 0.25) is 0 Å². The molecule has 0 radical (unpaired) electrons. The van der Waals surface area contributed by atoms with Gasteiger partial charge in [0, 0.05) is 6.04 Å². The van der Waals surface area contributed by atoms with Crippen molar-refractivity contribution < 1.29 is 14.0 Å². The topological polar surface area (TPSA) is 87.5 Å². The first kappa shape index (κ1) is 22.4. The molecule has 1 aliphatic carbocycles. The Hall–Kier alpha value is -3.39.